The van der Waals surface area contributed by atoms with E-state index in [4.69, 9.17) is 11.6 Å². The molecular weight excluding hydrogens is 378 g/mol. The van der Waals surface area contributed by atoms with Crippen molar-refractivity contribution in [2.75, 3.05) is 31.1 Å². The highest BCUT2D eigenvalue weighted by molar-refractivity contribution is 7.89. The van der Waals surface area contributed by atoms with Crippen molar-refractivity contribution in [1.29, 1.82) is 0 Å². The molecule has 2 aromatic carbocycles. The van der Waals surface area contributed by atoms with Crippen LogP contribution in [0.3, 0.4) is 0 Å². The van der Waals surface area contributed by atoms with Gasteiger partial charge in [0.2, 0.25) is 10.0 Å². The average Bonchev–Trinajstić information content (AvgIpc) is 2.61. The van der Waals surface area contributed by atoms with Crippen LogP contribution in [0.1, 0.15) is 5.56 Å². The molecule has 0 bridgehead atoms. The van der Waals surface area contributed by atoms with Gasteiger partial charge in [-0.3, -0.25) is 10.1 Å². The Labute approximate surface area is 157 Å². The minimum Gasteiger partial charge on any atom is -0.369 e. The molecule has 0 unspecified atom stereocenters. The zero-order chi connectivity index (χ0) is 18.9. The lowest BCUT2D eigenvalue weighted by Gasteiger charge is -2.35. The van der Waals surface area contributed by atoms with Crippen LogP contribution in [-0.2, 0) is 10.0 Å². The number of rotatable bonds is 4. The summed E-state index contributed by atoms with van der Waals surface area (Å²) in [5.74, 6) is 0. The first kappa shape index (κ1) is 18.6. The molecule has 138 valence electrons. The Morgan fingerprint density at radius 2 is 1.77 bits per heavy atom. The van der Waals surface area contributed by atoms with Crippen molar-refractivity contribution in [3.05, 3.63) is 63.2 Å². The maximum absolute atomic E-state index is 12.8. The molecule has 7 nitrogen and oxygen atoms in total. The fourth-order valence-electron chi connectivity index (χ4n) is 2.96. The van der Waals surface area contributed by atoms with Gasteiger partial charge in [0.25, 0.3) is 5.69 Å². The second-order valence-electron chi connectivity index (χ2n) is 6.10. The Hall–Kier alpha value is -2.16. The molecule has 1 saturated heterocycles. The number of nitro benzene ring substituents is 1. The lowest BCUT2D eigenvalue weighted by atomic mass is 10.2. The highest BCUT2D eigenvalue weighted by Crippen LogP contribution is 2.29. The summed E-state index contributed by atoms with van der Waals surface area (Å²) < 4.78 is 27.0. The number of hydrogen-bond acceptors (Lipinski definition) is 5. The number of hydrogen-bond donors (Lipinski definition) is 0. The number of sulfonamides is 1. The van der Waals surface area contributed by atoms with E-state index < -0.39 is 14.9 Å². The van der Waals surface area contributed by atoms with E-state index in [1.54, 1.807) is 0 Å². The van der Waals surface area contributed by atoms with E-state index in [0.717, 1.165) is 23.4 Å². The van der Waals surface area contributed by atoms with Gasteiger partial charge < -0.3 is 4.90 Å². The van der Waals surface area contributed by atoms with Crippen LogP contribution in [0.5, 0.6) is 0 Å². The van der Waals surface area contributed by atoms with Crippen LogP contribution in [0.2, 0.25) is 5.02 Å². The number of halogens is 1. The van der Waals surface area contributed by atoms with E-state index >= 15 is 0 Å². The minimum absolute atomic E-state index is 0.103. The number of nitro groups is 1. The van der Waals surface area contributed by atoms with Crippen LogP contribution in [0.15, 0.2) is 47.4 Å². The molecule has 9 heteroatoms. The highest BCUT2D eigenvalue weighted by Gasteiger charge is 2.31. The predicted molar refractivity (Wildman–Crippen MR) is 100 cm³/mol. The van der Waals surface area contributed by atoms with Crippen LogP contribution in [0, 0.1) is 17.0 Å². The van der Waals surface area contributed by atoms with E-state index in [-0.39, 0.29) is 15.6 Å². The smallest absolute Gasteiger partial charge is 0.271 e. The molecule has 0 spiro atoms. The van der Waals surface area contributed by atoms with E-state index in [0.29, 0.717) is 26.2 Å². The molecule has 0 amide bonds. The van der Waals surface area contributed by atoms with Gasteiger partial charge in [-0.05, 0) is 30.7 Å². The molecule has 0 aromatic heterocycles. The number of non-ortho nitro benzene ring substituents is 1. The second kappa shape index (κ2) is 7.22. The zero-order valence-electron chi connectivity index (χ0n) is 14.1. The number of benzene rings is 2. The van der Waals surface area contributed by atoms with Gasteiger partial charge in [-0.1, -0.05) is 23.7 Å². The van der Waals surface area contributed by atoms with Gasteiger partial charge in [0.15, 0.2) is 0 Å². The van der Waals surface area contributed by atoms with Crippen molar-refractivity contribution >= 4 is 33.0 Å². The SMILES string of the molecule is Cc1cccc(N2CCN(S(=O)(=O)c3ccc([N+](=O)[O-])cc3Cl)CC2)c1. The number of aryl methyl sites for hydroxylation is 1. The molecule has 0 atom stereocenters. The molecule has 0 saturated carbocycles. The summed E-state index contributed by atoms with van der Waals surface area (Å²) >= 11 is 6.00. The van der Waals surface area contributed by atoms with Gasteiger partial charge in [0.05, 0.1) is 9.95 Å². The lowest BCUT2D eigenvalue weighted by Crippen LogP contribution is -2.48. The predicted octanol–water partition coefficient (Wildman–Crippen LogP) is 3.07. The number of nitrogens with zero attached hydrogens (tertiary/aromatic N) is 3. The van der Waals surface area contributed by atoms with Gasteiger partial charge >= 0.3 is 0 Å². The normalized spacial score (nSPS) is 15.8. The number of anilines is 1. The van der Waals surface area contributed by atoms with Gasteiger partial charge in [-0.2, -0.15) is 4.31 Å². The van der Waals surface area contributed by atoms with Crippen molar-refractivity contribution in [1.82, 2.24) is 4.31 Å². The van der Waals surface area contributed by atoms with E-state index in [2.05, 4.69) is 11.0 Å². The summed E-state index contributed by atoms with van der Waals surface area (Å²) in [6.45, 7) is 3.79. The summed E-state index contributed by atoms with van der Waals surface area (Å²) in [5, 5.41) is 10.7. The Kier molecular flexibility index (Phi) is 5.17. The van der Waals surface area contributed by atoms with Crippen molar-refractivity contribution in [2.45, 2.75) is 11.8 Å². The molecule has 2 aromatic rings. The van der Waals surface area contributed by atoms with E-state index in [1.807, 2.05) is 25.1 Å². The summed E-state index contributed by atoms with van der Waals surface area (Å²) in [6.07, 6.45) is 0. The number of piperazine rings is 1. The maximum Gasteiger partial charge on any atom is 0.271 e. The topological polar surface area (TPSA) is 83.8 Å². The van der Waals surface area contributed by atoms with Crippen LogP contribution in [-0.4, -0.2) is 43.8 Å². The highest BCUT2D eigenvalue weighted by atomic mass is 35.5. The molecule has 0 aliphatic carbocycles. The molecule has 1 heterocycles. The molecule has 1 aliphatic rings. The van der Waals surface area contributed by atoms with Crippen molar-refractivity contribution < 1.29 is 13.3 Å². The minimum atomic E-state index is -3.80. The Morgan fingerprint density at radius 1 is 1.08 bits per heavy atom. The Bertz CT molecular complexity index is 941. The van der Waals surface area contributed by atoms with Crippen LogP contribution in [0.25, 0.3) is 0 Å². The molecule has 1 fully saturated rings. The van der Waals surface area contributed by atoms with Gasteiger partial charge in [-0.25, -0.2) is 8.42 Å². The van der Waals surface area contributed by atoms with Gasteiger partial charge in [0, 0.05) is 44.0 Å². The van der Waals surface area contributed by atoms with E-state index in [9.17, 15) is 18.5 Å². The Morgan fingerprint density at radius 3 is 2.35 bits per heavy atom. The van der Waals surface area contributed by atoms with Gasteiger partial charge in [-0.15, -0.1) is 0 Å². The molecule has 3 rings (SSSR count). The van der Waals surface area contributed by atoms with Crippen LogP contribution >= 0.6 is 11.6 Å². The van der Waals surface area contributed by atoms with Crippen molar-refractivity contribution in [3.8, 4) is 0 Å². The Balaban J connectivity index is 1.77. The van der Waals surface area contributed by atoms with E-state index in [1.165, 1.54) is 10.4 Å². The molecule has 26 heavy (non-hydrogen) atoms. The summed E-state index contributed by atoms with van der Waals surface area (Å²) in [5.41, 5.74) is 1.98. The average molecular weight is 396 g/mol. The third-order valence-electron chi connectivity index (χ3n) is 4.35. The van der Waals surface area contributed by atoms with Gasteiger partial charge in [0.1, 0.15) is 4.90 Å². The first-order valence-corrected chi connectivity index (χ1v) is 9.86. The largest absolute Gasteiger partial charge is 0.369 e. The maximum atomic E-state index is 12.8. The molecule has 0 N–H and O–H groups in total. The van der Waals surface area contributed by atoms with Crippen molar-refractivity contribution in [3.63, 3.8) is 0 Å². The third-order valence-corrected chi connectivity index (χ3v) is 6.73. The zero-order valence-corrected chi connectivity index (χ0v) is 15.7. The summed E-state index contributed by atoms with van der Waals surface area (Å²) in [7, 11) is -3.80. The first-order valence-electron chi connectivity index (χ1n) is 8.05. The van der Waals surface area contributed by atoms with Crippen molar-refractivity contribution in [2.24, 2.45) is 0 Å². The standard InChI is InChI=1S/C17H18ClN3O4S/c1-13-3-2-4-14(11-13)19-7-9-20(10-8-19)26(24,25)17-6-5-15(21(22)23)12-16(17)18/h2-6,11-12H,7-10H2,1H3. The lowest BCUT2D eigenvalue weighted by molar-refractivity contribution is -0.384. The summed E-state index contributed by atoms with van der Waals surface area (Å²) in [6, 6.07) is 11.5. The third kappa shape index (κ3) is 3.67. The molecular formula is C17H18ClN3O4S. The molecule has 0 radical (unpaired) electrons. The monoisotopic (exact) mass is 395 g/mol. The van der Waals surface area contributed by atoms with Crippen LogP contribution in [0.4, 0.5) is 11.4 Å². The second-order valence-corrected chi connectivity index (χ2v) is 8.42. The summed E-state index contributed by atoms with van der Waals surface area (Å²) in [4.78, 5) is 12.2. The van der Waals surface area contributed by atoms with Crippen LogP contribution < -0.4 is 4.90 Å². The quantitative estimate of drug-likeness (QED) is 0.586. The fourth-order valence-corrected chi connectivity index (χ4v) is 4.90. The first-order chi connectivity index (χ1) is 12.3. The fraction of sp³-hybridized carbons (Fsp3) is 0.294. The molecule has 1 aliphatic heterocycles.